The lowest BCUT2D eigenvalue weighted by atomic mass is 9.67. The minimum Gasteiger partial charge on any atom is -0.311 e. The van der Waals surface area contributed by atoms with Gasteiger partial charge in [-0.3, -0.25) is 0 Å². The normalized spacial score (nSPS) is 12.4. The lowest BCUT2D eigenvalue weighted by Crippen LogP contribution is -2.29. The van der Waals surface area contributed by atoms with E-state index in [4.69, 9.17) is 0 Å². The van der Waals surface area contributed by atoms with Gasteiger partial charge in [0.05, 0.1) is 5.41 Å². The molecule has 0 N–H and O–H groups in total. The number of fused-ring (bicyclic) bond motifs is 3. The van der Waals surface area contributed by atoms with E-state index in [1.807, 2.05) is 0 Å². The molecule has 0 amide bonds. The fourth-order valence-corrected chi connectivity index (χ4v) is 9.01. The number of nitrogens with zero attached hydrogens (tertiary/aromatic N) is 2. The molecule has 0 radical (unpaired) electrons. The second kappa shape index (κ2) is 14.9. The Kier molecular flexibility index (Phi) is 9.01. The molecular formula is C56H42N2. The highest BCUT2D eigenvalue weighted by atomic mass is 15.1. The van der Waals surface area contributed by atoms with Gasteiger partial charge in [0.2, 0.25) is 0 Å². The summed E-state index contributed by atoms with van der Waals surface area (Å²) in [6.07, 6.45) is 0. The Balaban J connectivity index is 1.05. The third-order valence-electron chi connectivity index (χ3n) is 11.6. The van der Waals surface area contributed by atoms with Crippen molar-refractivity contribution in [1.82, 2.24) is 0 Å². The standard InChI is InChI=1S/C56H42N2/c1-41-17-15-18-44(39-41)56(54-29-13-11-27-52(54)53-28-12-14-30-55(53)56)45-19-16-26-51(40-45)58(48-24-9-4-10-25-48)50-37-33-43(34-38-50)42-31-35-49(36-32-42)57(46-20-5-2-6-21-46)47-22-7-3-8-23-47/h2-40H,1H3. The van der Waals surface area contributed by atoms with Gasteiger partial charge in [-0.2, -0.15) is 0 Å². The van der Waals surface area contributed by atoms with Crippen LogP contribution in [0, 0.1) is 6.92 Å². The van der Waals surface area contributed by atoms with Crippen LogP contribution in [0.2, 0.25) is 0 Å². The average Bonchev–Trinajstić information content (AvgIpc) is 3.60. The summed E-state index contributed by atoms with van der Waals surface area (Å²) >= 11 is 0. The zero-order chi connectivity index (χ0) is 38.9. The molecule has 0 atom stereocenters. The van der Waals surface area contributed by atoms with Gasteiger partial charge < -0.3 is 9.80 Å². The highest BCUT2D eigenvalue weighted by Crippen LogP contribution is 2.56. The van der Waals surface area contributed by atoms with Crippen LogP contribution in [-0.4, -0.2) is 0 Å². The number of para-hydroxylation sites is 3. The lowest BCUT2D eigenvalue weighted by molar-refractivity contribution is 0.767. The van der Waals surface area contributed by atoms with E-state index in [1.54, 1.807) is 0 Å². The van der Waals surface area contributed by atoms with Crippen LogP contribution in [0.1, 0.15) is 27.8 Å². The summed E-state index contributed by atoms with van der Waals surface area (Å²) in [6, 6.07) is 85.9. The monoisotopic (exact) mass is 742 g/mol. The lowest BCUT2D eigenvalue weighted by Gasteiger charge is -2.35. The third kappa shape index (κ3) is 6.07. The molecule has 0 aliphatic heterocycles. The molecular weight excluding hydrogens is 701 g/mol. The van der Waals surface area contributed by atoms with Crippen molar-refractivity contribution in [1.29, 1.82) is 0 Å². The fourth-order valence-electron chi connectivity index (χ4n) is 9.01. The maximum Gasteiger partial charge on any atom is 0.0714 e. The number of rotatable bonds is 9. The Morgan fingerprint density at radius 1 is 0.293 bits per heavy atom. The van der Waals surface area contributed by atoms with Crippen molar-refractivity contribution in [3.8, 4) is 22.3 Å². The largest absolute Gasteiger partial charge is 0.311 e. The molecule has 10 rings (SSSR count). The first kappa shape index (κ1) is 35.0. The van der Waals surface area contributed by atoms with Crippen LogP contribution in [0.25, 0.3) is 22.3 Å². The fraction of sp³-hybridized carbons (Fsp3) is 0.0357. The zero-order valence-corrected chi connectivity index (χ0v) is 32.4. The van der Waals surface area contributed by atoms with Crippen LogP contribution in [-0.2, 0) is 5.41 Å². The van der Waals surface area contributed by atoms with E-state index in [2.05, 4.69) is 253 Å². The van der Waals surface area contributed by atoms with Crippen molar-refractivity contribution in [2.75, 3.05) is 9.80 Å². The second-order valence-corrected chi connectivity index (χ2v) is 15.0. The van der Waals surface area contributed by atoms with Crippen LogP contribution in [0.5, 0.6) is 0 Å². The van der Waals surface area contributed by atoms with Crippen molar-refractivity contribution < 1.29 is 0 Å². The highest BCUT2D eigenvalue weighted by Gasteiger charge is 2.46. The summed E-state index contributed by atoms with van der Waals surface area (Å²) in [4.78, 5) is 4.68. The summed E-state index contributed by atoms with van der Waals surface area (Å²) in [5.41, 5.74) is 17.5. The van der Waals surface area contributed by atoms with E-state index in [9.17, 15) is 0 Å². The molecule has 0 saturated carbocycles. The molecule has 0 bridgehead atoms. The summed E-state index contributed by atoms with van der Waals surface area (Å²) in [5, 5.41) is 0. The first-order chi connectivity index (χ1) is 28.7. The molecule has 1 aliphatic carbocycles. The van der Waals surface area contributed by atoms with Crippen molar-refractivity contribution >= 4 is 34.1 Å². The predicted molar refractivity (Wildman–Crippen MR) is 243 cm³/mol. The van der Waals surface area contributed by atoms with Crippen molar-refractivity contribution in [3.05, 3.63) is 264 Å². The molecule has 2 nitrogen and oxygen atoms in total. The van der Waals surface area contributed by atoms with E-state index in [-0.39, 0.29) is 0 Å². The van der Waals surface area contributed by atoms with Gasteiger partial charge in [0.15, 0.2) is 0 Å². The first-order valence-electron chi connectivity index (χ1n) is 20.0. The van der Waals surface area contributed by atoms with E-state index >= 15 is 0 Å². The predicted octanol–water partition coefficient (Wildman–Crippen LogP) is 15.0. The number of hydrogen-bond acceptors (Lipinski definition) is 2. The van der Waals surface area contributed by atoms with Gasteiger partial charge >= 0.3 is 0 Å². The van der Waals surface area contributed by atoms with Gasteiger partial charge in [0.25, 0.3) is 0 Å². The molecule has 0 spiro atoms. The van der Waals surface area contributed by atoms with Gasteiger partial charge in [0, 0.05) is 34.1 Å². The van der Waals surface area contributed by atoms with Gasteiger partial charge in [-0.25, -0.2) is 0 Å². The molecule has 0 aromatic heterocycles. The smallest absolute Gasteiger partial charge is 0.0714 e. The second-order valence-electron chi connectivity index (χ2n) is 15.0. The first-order valence-corrected chi connectivity index (χ1v) is 20.0. The van der Waals surface area contributed by atoms with Crippen molar-refractivity contribution in [2.24, 2.45) is 0 Å². The molecule has 0 fully saturated rings. The maximum absolute atomic E-state index is 2.41. The quantitative estimate of drug-likeness (QED) is 0.145. The molecule has 276 valence electrons. The van der Waals surface area contributed by atoms with E-state index in [0.717, 1.165) is 34.1 Å². The van der Waals surface area contributed by atoms with Crippen LogP contribution >= 0.6 is 0 Å². The molecule has 0 saturated heterocycles. The van der Waals surface area contributed by atoms with Crippen molar-refractivity contribution in [3.63, 3.8) is 0 Å². The topological polar surface area (TPSA) is 6.48 Å². The van der Waals surface area contributed by atoms with Crippen LogP contribution in [0.4, 0.5) is 34.1 Å². The van der Waals surface area contributed by atoms with Gasteiger partial charge in [-0.15, -0.1) is 0 Å². The molecule has 9 aromatic rings. The zero-order valence-electron chi connectivity index (χ0n) is 32.4. The number of aryl methyl sites for hydroxylation is 1. The SMILES string of the molecule is Cc1cccc(C2(c3cccc(N(c4ccccc4)c4ccc(-c5ccc(N(c6ccccc6)c6ccccc6)cc5)cc4)c3)c3ccccc3-c3ccccc32)c1. The molecule has 9 aromatic carbocycles. The van der Waals surface area contributed by atoms with Crippen molar-refractivity contribution in [2.45, 2.75) is 12.3 Å². The molecule has 1 aliphatic rings. The van der Waals surface area contributed by atoms with Gasteiger partial charge in [-0.1, -0.05) is 169 Å². The van der Waals surface area contributed by atoms with Crippen LogP contribution in [0.3, 0.4) is 0 Å². The Labute approximate surface area is 341 Å². The van der Waals surface area contributed by atoms with E-state index in [1.165, 1.54) is 50.1 Å². The summed E-state index contributed by atoms with van der Waals surface area (Å²) < 4.78 is 0. The summed E-state index contributed by atoms with van der Waals surface area (Å²) in [7, 11) is 0. The number of benzene rings is 9. The van der Waals surface area contributed by atoms with Crippen LogP contribution in [0.15, 0.2) is 237 Å². The minimum atomic E-state index is -0.482. The molecule has 58 heavy (non-hydrogen) atoms. The third-order valence-corrected chi connectivity index (χ3v) is 11.6. The maximum atomic E-state index is 2.41. The number of hydrogen-bond donors (Lipinski definition) is 0. The Bertz CT molecular complexity index is 2740. The summed E-state index contributed by atoms with van der Waals surface area (Å²) in [6.45, 7) is 2.19. The van der Waals surface area contributed by atoms with Crippen LogP contribution < -0.4 is 9.80 Å². The Morgan fingerprint density at radius 2 is 0.655 bits per heavy atom. The minimum absolute atomic E-state index is 0.482. The average molecular weight is 743 g/mol. The highest BCUT2D eigenvalue weighted by molar-refractivity contribution is 5.87. The van der Waals surface area contributed by atoms with Gasteiger partial charge in [0.1, 0.15) is 0 Å². The Hall–Kier alpha value is -7.42. The van der Waals surface area contributed by atoms with E-state index in [0.29, 0.717) is 0 Å². The van der Waals surface area contributed by atoms with E-state index < -0.39 is 5.41 Å². The molecule has 0 unspecified atom stereocenters. The molecule has 0 heterocycles. The molecule has 2 heteroatoms. The Morgan fingerprint density at radius 3 is 1.12 bits per heavy atom. The summed E-state index contributed by atoms with van der Waals surface area (Å²) in [5.74, 6) is 0. The van der Waals surface area contributed by atoms with Gasteiger partial charge in [-0.05, 0) is 124 Å². The number of anilines is 6.